The van der Waals surface area contributed by atoms with Crippen LogP contribution in [0, 0.1) is 0 Å². The minimum atomic E-state index is -0.478. The minimum absolute atomic E-state index is 0.134. The van der Waals surface area contributed by atoms with Gasteiger partial charge in [-0.1, -0.05) is 35.9 Å². The van der Waals surface area contributed by atoms with E-state index in [9.17, 15) is 24.0 Å². The molecule has 0 saturated carbocycles. The summed E-state index contributed by atoms with van der Waals surface area (Å²) in [5, 5.41) is 2.83. The average Bonchev–Trinajstić information content (AvgIpc) is 3.34. The first kappa shape index (κ1) is 23.3. The molecule has 6 rings (SSSR count). The molecule has 0 unspecified atom stereocenters. The van der Waals surface area contributed by atoms with Gasteiger partial charge in [-0.2, -0.15) is 0 Å². The van der Waals surface area contributed by atoms with Gasteiger partial charge in [0.05, 0.1) is 44.3 Å². The standard InChI is InChI=1S/C29H16ClN3O5/c30-23-15-18(33-28(37)21-7-3-4-8-22(21)29(33)38)13-14-24(23)31-25(34)16-9-11-17(12-10-16)32-26(35)19-5-1-2-6-20(19)27(32)36/h1-15H,(H,31,34). The SMILES string of the molecule is O=C(Nc1ccc(N2C(=O)c3ccccc3C2=O)cc1Cl)c1ccc(N2C(=O)c3ccccc3C2=O)cc1. The number of amides is 5. The van der Waals surface area contributed by atoms with E-state index in [1.54, 1.807) is 48.5 Å². The van der Waals surface area contributed by atoms with Gasteiger partial charge in [-0.25, -0.2) is 9.80 Å². The number of imide groups is 2. The van der Waals surface area contributed by atoms with E-state index in [1.807, 2.05) is 0 Å². The Morgan fingerprint density at radius 1 is 0.579 bits per heavy atom. The number of halogens is 1. The van der Waals surface area contributed by atoms with Crippen LogP contribution < -0.4 is 15.1 Å². The topological polar surface area (TPSA) is 104 Å². The Morgan fingerprint density at radius 3 is 1.45 bits per heavy atom. The largest absolute Gasteiger partial charge is 0.321 e. The van der Waals surface area contributed by atoms with E-state index >= 15 is 0 Å². The van der Waals surface area contributed by atoms with Crippen LogP contribution in [-0.4, -0.2) is 29.5 Å². The number of nitrogens with one attached hydrogen (secondary N) is 1. The number of nitrogens with zero attached hydrogens (tertiary/aromatic N) is 2. The van der Waals surface area contributed by atoms with Gasteiger partial charge in [0, 0.05) is 5.56 Å². The highest BCUT2D eigenvalue weighted by Crippen LogP contribution is 2.33. The van der Waals surface area contributed by atoms with E-state index < -0.39 is 29.5 Å². The van der Waals surface area contributed by atoms with Gasteiger partial charge in [-0.3, -0.25) is 24.0 Å². The third-order valence-electron chi connectivity index (χ3n) is 6.43. The van der Waals surface area contributed by atoms with E-state index in [2.05, 4.69) is 5.32 Å². The number of hydrogen-bond acceptors (Lipinski definition) is 5. The second kappa shape index (κ2) is 8.79. The van der Waals surface area contributed by atoms with Gasteiger partial charge < -0.3 is 5.32 Å². The molecule has 2 heterocycles. The summed E-state index contributed by atoms with van der Waals surface area (Å²) in [4.78, 5) is 65.9. The molecule has 0 atom stereocenters. The summed E-state index contributed by atoms with van der Waals surface area (Å²) in [5.74, 6) is -2.22. The zero-order valence-electron chi connectivity index (χ0n) is 19.5. The van der Waals surface area contributed by atoms with Crippen LogP contribution >= 0.6 is 11.6 Å². The fraction of sp³-hybridized carbons (Fsp3) is 0. The van der Waals surface area contributed by atoms with Crippen molar-refractivity contribution in [3.05, 3.63) is 124 Å². The zero-order chi connectivity index (χ0) is 26.6. The Labute approximate surface area is 221 Å². The molecule has 0 radical (unpaired) electrons. The smallest absolute Gasteiger partial charge is 0.266 e. The fourth-order valence-electron chi connectivity index (χ4n) is 4.55. The first-order valence-electron chi connectivity index (χ1n) is 11.5. The molecule has 0 aromatic heterocycles. The van der Waals surface area contributed by atoms with Crippen LogP contribution in [0.1, 0.15) is 51.8 Å². The number of benzene rings is 4. The number of hydrogen-bond donors (Lipinski definition) is 1. The van der Waals surface area contributed by atoms with Crippen molar-refractivity contribution in [2.45, 2.75) is 0 Å². The highest BCUT2D eigenvalue weighted by molar-refractivity contribution is 6.37. The van der Waals surface area contributed by atoms with Crippen LogP contribution in [0.15, 0.2) is 91.0 Å². The monoisotopic (exact) mass is 521 g/mol. The average molecular weight is 522 g/mol. The molecule has 2 aliphatic rings. The molecule has 0 aliphatic carbocycles. The van der Waals surface area contributed by atoms with E-state index in [-0.39, 0.29) is 22.0 Å². The number of carbonyl (C=O) groups excluding carboxylic acids is 5. The third kappa shape index (κ3) is 3.58. The van der Waals surface area contributed by atoms with Crippen LogP contribution in [0.25, 0.3) is 0 Å². The maximum absolute atomic E-state index is 12.9. The lowest BCUT2D eigenvalue weighted by molar-refractivity contribution is 0.0910. The summed E-state index contributed by atoms with van der Waals surface area (Å²) in [6, 6.07) is 23.6. The first-order valence-corrected chi connectivity index (χ1v) is 11.9. The van der Waals surface area contributed by atoms with Crippen molar-refractivity contribution < 1.29 is 24.0 Å². The van der Waals surface area contributed by atoms with Crippen molar-refractivity contribution >= 4 is 58.2 Å². The maximum atomic E-state index is 12.9. The fourth-order valence-corrected chi connectivity index (χ4v) is 4.77. The van der Waals surface area contributed by atoms with Crippen molar-refractivity contribution in [3.63, 3.8) is 0 Å². The second-order valence-electron chi connectivity index (χ2n) is 8.65. The van der Waals surface area contributed by atoms with Gasteiger partial charge in [-0.05, 0) is 66.7 Å². The summed E-state index contributed by atoms with van der Waals surface area (Å²) < 4.78 is 0. The lowest BCUT2D eigenvalue weighted by Crippen LogP contribution is -2.29. The molecule has 9 heteroatoms. The molecule has 5 amide bonds. The Hall–Kier alpha value is -5.08. The van der Waals surface area contributed by atoms with Crippen LogP contribution in [0.5, 0.6) is 0 Å². The molecule has 184 valence electrons. The lowest BCUT2D eigenvalue weighted by Gasteiger charge is -2.16. The molecule has 8 nitrogen and oxygen atoms in total. The summed E-state index contributed by atoms with van der Waals surface area (Å²) in [6.45, 7) is 0. The summed E-state index contributed by atoms with van der Waals surface area (Å²) in [5.41, 5.74) is 2.47. The zero-order valence-corrected chi connectivity index (χ0v) is 20.2. The van der Waals surface area contributed by atoms with E-state index in [0.717, 1.165) is 9.80 Å². The number of anilines is 3. The summed E-state index contributed by atoms with van der Waals surface area (Å²) in [6.07, 6.45) is 0. The van der Waals surface area contributed by atoms with Crippen molar-refractivity contribution in [1.82, 2.24) is 0 Å². The summed E-state index contributed by atoms with van der Waals surface area (Å²) in [7, 11) is 0. The molecule has 2 aliphatic heterocycles. The third-order valence-corrected chi connectivity index (χ3v) is 6.75. The predicted octanol–water partition coefficient (Wildman–Crippen LogP) is 5.19. The number of fused-ring (bicyclic) bond motifs is 2. The molecule has 0 bridgehead atoms. The summed E-state index contributed by atoms with van der Waals surface area (Å²) >= 11 is 6.39. The number of carbonyl (C=O) groups is 5. The van der Waals surface area contributed by atoms with Crippen LogP contribution in [-0.2, 0) is 0 Å². The van der Waals surface area contributed by atoms with Gasteiger partial charge in [-0.15, -0.1) is 0 Å². The second-order valence-corrected chi connectivity index (χ2v) is 9.05. The molecule has 0 saturated heterocycles. The molecule has 0 fully saturated rings. The van der Waals surface area contributed by atoms with Crippen molar-refractivity contribution in [2.75, 3.05) is 15.1 Å². The molecule has 38 heavy (non-hydrogen) atoms. The van der Waals surface area contributed by atoms with Crippen molar-refractivity contribution in [2.24, 2.45) is 0 Å². The molecular formula is C29H16ClN3O5. The lowest BCUT2D eigenvalue weighted by atomic mass is 10.1. The van der Waals surface area contributed by atoms with E-state index in [1.165, 1.54) is 42.5 Å². The van der Waals surface area contributed by atoms with E-state index in [4.69, 9.17) is 11.6 Å². The Morgan fingerprint density at radius 2 is 1.00 bits per heavy atom. The Bertz CT molecular complexity index is 1640. The van der Waals surface area contributed by atoms with Gasteiger partial charge in [0.1, 0.15) is 0 Å². The van der Waals surface area contributed by atoms with Crippen molar-refractivity contribution in [1.29, 1.82) is 0 Å². The van der Waals surface area contributed by atoms with Gasteiger partial charge in [0.2, 0.25) is 0 Å². The van der Waals surface area contributed by atoms with Crippen LogP contribution in [0.3, 0.4) is 0 Å². The molecule has 4 aromatic carbocycles. The highest BCUT2D eigenvalue weighted by atomic mass is 35.5. The van der Waals surface area contributed by atoms with Crippen molar-refractivity contribution in [3.8, 4) is 0 Å². The Kier molecular flexibility index (Phi) is 5.40. The minimum Gasteiger partial charge on any atom is -0.321 e. The van der Waals surface area contributed by atoms with Gasteiger partial charge in [0.25, 0.3) is 29.5 Å². The normalized spacial score (nSPS) is 14.1. The van der Waals surface area contributed by atoms with Gasteiger partial charge >= 0.3 is 0 Å². The first-order chi connectivity index (χ1) is 18.3. The molecule has 0 spiro atoms. The van der Waals surface area contributed by atoms with Crippen LogP contribution in [0.4, 0.5) is 17.1 Å². The Balaban J connectivity index is 1.19. The maximum Gasteiger partial charge on any atom is 0.266 e. The van der Waals surface area contributed by atoms with Gasteiger partial charge in [0.15, 0.2) is 0 Å². The van der Waals surface area contributed by atoms with Crippen LogP contribution in [0.2, 0.25) is 5.02 Å². The predicted molar refractivity (Wildman–Crippen MR) is 141 cm³/mol. The quantitative estimate of drug-likeness (QED) is 0.372. The number of rotatable bonds is 4. The highest BCUT2D eigenvalue weighted by Gasteiger charge is 2.37. The molecule has 1 N–H and O–H groups in total. The molecule has 4 aromatic rings. The van der Waals surface area contributed by atoms with E-state index in [0.29, 0.717) is 27.9 Å². The molecular weight excluding hydrogens is 506 g/mol.